The summed E-state index contributed by atoms with van der Waals surface area (Å²) < 4.78 is 0. The summed E-state index contributed by atoms with van der Waals surface area (Å²) in [5, 5.41) is 0. The van der Waals surface area contributed by atoms with Gasteiger partial charge in [-0.25, -0.2) is 0 Å². The molecule has 0 aliphatic heterocycles. The minimum atomic E-state index is 0.198. The maximum atomic E-state index is 2.50. The smallest absolute Gasteiger partial charge is 0.00496 e. The highest BCUT2D eigenvalue weighted by Crippen LogP contribution is 2.66. The van der Waals surface area contributed by atoms with E-state index in [9.17, 15) is 0 Å². The van der Waals surface area contributed by atoms with Crippen LogP contribution >= 0.6 is 7.92 Å². The Labute approximate surface area is 144 Å². The van der Waals surface area contributed by atoms with E-state index in [1.165, 1.54) is 57.8 Å². The summed E-state index contributed by atoms with van der Waals surface area (Å²) in [4.78, 5) is 0. The molecule has 0 aromatic heterocycles. The third kappa shape index (κ3) is 3.53. The Morgan fingerprint density at radius 1 is 0.652 bits per heavy atom. The van der Waals surface area contributed by atoms with Crippen LogP contribution in [0, 0.1) is 0 Å². The fourth-order valence-electron chi connectivity index (χ4n) is 5.60. The van der Waals surface area contributed by atoms with Crippen molar-refractivity contribution in [1.82, 2.24) is 0 Å². The second kappa shape index (κ2) is 7.69. The minimum absolute atomic E-state index is 0.198. The Bertz CT molecular complexity index is 478. The number of benzene rings is 1. The lowest BCUT2D eigenvalue weighted by Gasteiger charge is -2.45. The summed E-state index contributed by atoms with van der Waals surface area (Å²) in [6.45, 7) is 0. The van der Waals surface area contributed by atoms with Gasteiger partial charge >= 0.3 is 0 Å². The molecular formula is C22H33P. The van der Waals surface area contributed by atoms with Crippen molar-refractivity contribution in [3.63, 3.8) is 0 Å². The van der Waals surface area contributed by atoms with Crippen molar-refractivity contribution in [2.24, 2.45) is 0 Å². The Kier molecular flexibility index (Phi) is 5.39. The zero-order chi connectivity index (χ0) is 15.5. The standard InChI is InChI=1S/C22H33P/c1-3-12-19(13-4-1)23(20-14-5-2-6-15-20)22-17-9-11-18-10-7-8-16-21(18)22/h7-8,10,16,19-20,22H,1-6,9,11-15,17H2. The van der Waals surface area contributed by atoms with E-state index in [4.69, 9.17) is 0 Å². The van der Waals surface area contributed by atoms with Gasteiger partial charge in [0.05, 0.1) is 0 Å². The van der Waals surface area contributed by atoms with Crippen LogP contribution in [0.5, 0.6) is 0 Å². The molecule has 1 unspecified atom stereocenters. The van der Waals surface area contributed by atoms with E-state index < -0.39 is 0 Å². The first-order valence-electron chi connectivity index (χ1n) is 10.3. The lowest BCUT2D eigenvalue weighted by atomic mass is 9.91. The largest absolute Gasteiger partial charge is 0.0926 e. The molecule has 23 heavy (non-hydrogen) atoms. The lowest BCUT2D eigenvalue weighted by Crippen LogP contribution is -2.25. The number of hydrogen-bond donors (Lipinski definition) is 0. The van der Waals surface area contributed by atoms with Crippen LogP contribution in [0.15, 0.2) is 24.3 Å². The first-order chi connectivity index (χ1) is 11.4. The molecule has 3 aliphatic carbocycles. The van der Waals surface area contributed by atoms with Crippen LogP contribution in [0.3, 0.4) is 0 Å². The molecule has 1 aromatic carbocycles. The molecule has 0 nitrogen and oxygen atoms in total. The maximum absolute atomic E-state index is 2.50. The van der Waals surface area contributed by atoms with E-state index >= 15 is 0 Å². The Balaban J connectivity index is 1.64. The van der Waals surface area contributed by atoms with Gasteiger partial charge < -0.3 is 0 Å². The Morgan fingerprint density at radius 2 is 1.26 bits per heavy atom. The normalized spacial score (nSPS) is 27.1. The van der Waals surface area contributed by atoms with E-state index in [1.807, 2.05) is 0 Å². The molecule has 0 saturated heterocycles. The molecule has 0 radical (unpaired) electrons. The molecule has 0 spiro atoms. The molecule has 1 heteroatoms. The molecule has 0 heterocycles. The Morgan fingerprint density at radius 3 is 1.91 bits per heavy atom. The van der Waals surface area contributed by atoms with Crippen LogP contribution in [0.1, 0.15) is 93.8 Å². The average molecular weight is 328 g/mol. The second-order valence-electron chi connectivity index (χ2n) is 8.14. The zero-order valence-corrected chi connectivity index (χ0v) is 15.6. The van der Waals surface area contributed by atoms with E-state index in [0.29, 0.717) is 0 Å². The molecule has 4 rings (SSSR count). The zero-order valence-electron chi connectivity index (χ0n) is 14.7. The monoisotopic (exact) mass is 328 g/mol. The van der Waals surface area contributed by atoms with Crippen LogP contribution in [0.4, 0.5) is 0 Å². The summed E-state index contributed by atoms with van der Waals surface area (Å²) >= 11 is 0. The maximum Gasteiger partial charge on any atom is 0.00496 e. The van der Waals surface area contributed by atoms with Crippen LogP contribution in [0.2, 0.25) is 0 Å². The van der Waals surface area contributed by atoms with Crippen LogP contribution in [-0.4, -0.2) is 11.3 Å². The lowest BCUT2D eigenvalue weighted by molar-refractivity contribution is 0.477. The highest BCUT2D eigenvalue weighted by atomic mass is 31.1. The SMILES string of the molecule is c1ccc2c(c1)CCCC2P(C1CCCCC1)C1CCCCC1. The van der Waals surface area contributed by atoms with Gasteiger partial charge in [-0.05, 0) is 67.4 Å². The van der Waals surface area contributed by atoms with Gasteiger partial charge in [-0.15, -0.1) is 0 Å². The van der Waals surface area contributed by atoms with Gasteiger partial charge in [0.2, 0.25) is 0 Å². The predicted molar refractivity (Wildman–Crippen MR) is 103 cm³/mol. The Hall–Kier alpha value is -0.350. The van der Waals surface area contributed by atoms with Crippen molar-refractivity contribution in [2.45, 2.75) is 100 Å². The van der Waals surface area contributed by atoms with E-state index in [1.54, 1.807) is 36.8 Å². The van der Waals surface area contributed by atoms with Gasteiger partial charge in [-0.1, -0.05) is 70.7 Å². The fraction of sp³-hybridized carbons (Fsp3) is 0.727. The van der Waals surface area contributed by atoms with E-state index in [0.717, 1.165) is 17.0 Å². The number of aryl methyl sites for hydroxylation is 1. The first kappa shape index (κ1) is 16.1. The molecule has 1 atom stereocenters. The topological polar surface area (TPSA) is 0 Å². The minimum Gasteiger partial charge on any atom is -0.0926 e. The van der Waals surface area contributed by atoms with Gasteiger partial charge in [0.1, 0.15) is 0 Å². The first-order valence-corrected chi connectivity index (χ1v) is 11.8. The summed E-state index contributed by atoms with van der Waals surface area (Å²) in [6, 6.07) is 9.51. The van der Waals surface area contributed by atoms with Crippen molar-refractivity contribution >= 4 is 7.92 Å². The molecule has 1 aromatic rings. The van der Waals surface area contributed by atoms with Crippen molar-refractivity contribution in [2.75, 3.05) is 0 Å². The fourth-order valence-corrected chi connectivity index (χ4v) is 10.2. The van der Waals surface area contributed by atoms with Crippen LogP contribution < -0.4 is 0 Å². The molecule has 126 valence electrons. The van der Waals surface area contributed by atoms with Gasteiger partial charge in [0, 0.05) is 5.66 Å². The third-order valence-electron chi connectivity index (χ3n) is 6.69. The van der Waals surface area contributed by atoms with Crippen molar-refractivity contribution in [3.8, 4) is 0 Å². The highest BCUT2D eigenvalue weighted by molar-refractivity contribution is 7.59. The van der Waals surface area contributed by atoms with Gasteiger partial charge in [0.25, 0.3) is 0 Å². The predicted octanol–water partition coefficient (Wildman–Crippen LogP) is 7.21. The molecule has 3 aliphatic rings. The van der Waals surface area contributed by atoms with Crippen molar-refractivity contribution < 1.29 is 0 Å². The van der Waals surface area contributed by atoms with Crippen LogP contribution in [-0.2, 0) is 6.42 Å². The summed E-state index contributed by atoms with van der Waals surface area (Å²) in [5.41, 5.74) is 6.61. The molecule has 0 bridgehead atoms. The quantitative estimate of drug-likeness (QED) is 0.514. The van der Waals surface area contributed by atoms with E-state index in [-0.39, 0.29) is 7.92 Å². The second-order valence-corrected chi connectivity index (χ2v) is 11.1. The van der Waals surface area contributed by atoms with Gasteiger partial charge in [-0.2, -0.15) is 0 Å². The molecular weight excluding hydrogens is 295 g/mol. The molecule has 0 N–H and O–H groups in total. The van der Waals surface area contributed by atoms with Gasteiger partial charge in [-0.3, -0.25) is 0 Å². The van der Waals surface area contributed by atoms with E-state index in [2.05, 4.69) is 24.3 Å². The molecule has 2 saturated carbocycles. The van der Waals surface area contributed by atoms with Crippen molar-refractivity contribution in [3.05, 3.63) is 35.4 Å². The number of rotatable bonds is 3. The van der Waals surface area contributed by atoms with Gasteiger partial charge in [0.15, 0.2) is 0 Å². The number of fused-ring (bicyclic) bond motifs is 1. The summed E-state index contributed by atoms with van der Waals surface area (Å²) in [7, 11) is 0.198. The average Bonchev–Trinajstić information content (AvgIpc) is 2.64. The highest BCUT2D eigenvalue weighted by Gasteiger charge is 2.38. The molecule has 0 amide bonds. The summed E-state index contributed by atoms with van der Waals surface area (Å²) in [5.74, 6) is 0. The molecule has 2 fully saturated rings. The van der Waals surface area contributed by atoms with Crippen LogP contribution in [0.25, 0.3) is 0 Å². The third-order valence-corrected chi connectivity index (χ3v) is 10.7. The van der Waals surface area contributed by atoms with Crippen molar-refractivity contribution in [1.29, 1.82) is 0 Å². The number of hydrogen-bond acceptors (Lipinski definition) is 0. The summed E-state index contributed by atoms with van der Waals surface area (Å²) in [6.07, 6.45) is 19.6.